The van der Waals surface area contributed by atoms with Gasteiger partial charge in [0.25, 0.3) is 0 Å². The van der Waals surface area contributed by atoms with Crippen LogP contribution >= 0.6 is 0 Å². The highest BCUT2D eigenvalue weighted by Gasteiger charge is 2.36. The molecule has 1 saturated carbocycles. The van der Waals surface area contributed by atoms with Gasteiger partial charge in [0.2, 0.25) is 11.8 Å². The highest BCUT2D eigenvalue weighted by Crippen LogP contribution is 2.29. The zero-order valence-electron chi connectivity index (χ0n) is 13.4. The van der Waals surface area contributed by atoms with E-state index in [1.807, 2.05) is 32.0 Å². The van der Waals surface area contributed by atoms with Crippen LogP contribution in [-0.4, -0.2) is 24.4 Å². The number of carbonyl (C=O) groups excluding carboxylic acids is 2. The lowest BCUT2D eigenvalue weighted by molar-refractivity contribution is -0.126. The van der Waals surface area contributed by atoms with Gasteiger partial charge in [-0.15, -0.1) is 0 Å². The van der Waals surface area contributed by atoms with Gasteiger partial charge >= 0.3 is 0 Å². The minimum Gasteiger partial charge on any atom is -0.353 e. The van der Waals surface area contributed by atoms with Gasteiger partial charge in [0, 0.05) is 24.7 Å². The van der Waals surface area contributed by atoms with Gasteiger partial charge in [-0.05, 0) is 43.9 Å². The molecule has 0 unspecified atom stereocenters. The minimum atomic E-state index is -0.215. The van der Waals surface area contributed by atoms with E-state index in [1.54, 1.807) is 4.90 Å². The number of benzene rings is 1. The number of hydrogen-bond donors (Lipinski definition) is 1. The molecule has 1 aromatic rings. The molecule has 0 spiro atoms. The second-order valence-electron chi connectivity index (χ2n) is 6.61. The molecule has 0 aromatic heterocycles. The molecule has 1 heterocycles. The van der Waals surface area contributed by atoms with Gasteiger partial charge in [-0.25, -0.2) is 0 Å². The number of rotatable bonds is 3. The maximum atomic E-state index is 12.4. The van der Waals surface area contributed by atoms with Crippen LogP contribution in [0.4, 0.5) is 5.69 Å². The maximum absolute atomic E-state index is 12.4. The lowest BCUT2D eigenvalue weighted by Crippen LogP contribution is -2.38. The fraction of sp³-hybridized carbons (Fsp3) is 0.556. The summed E-state index contributed by atoms with van der Waals surface area (Å²) in [5.74, 6) is -0.110. The molecule has 0 radical (unpaired) electrons. The summed E-state index contributed by atoms with van der Waals surface area (Å²) >= 11 is 0. The summed E-state index contributed by atoms with van der Waals surface area (Å²) < 4.78 is 0. The van der Waals surface area contributed by atoms with Crippen LogP contribution < -0.4 is 10.2 Å². The molecule has 1 aliphatic carbocycles. The molecular formula is C18H24N2O2. The first kappa shape index (κ1) is 15.1. The number of carbonyl (C=O) groups is 2. The van der Waals surface area contributed by atoms with E-state index < -0.39 is 0 Å². The van der Waals surface area contributed by atoms with E-state index in [0.717, 1.165) is 24.1 Å². The lowest BCUT2D eigenvalue weighted by Gasteiger charge is -2.20. The predicted molar refractivity (Wildman–Crippen MR) is 86.8 cm³/mol. The third kappa shape index (κ3) is 2.87. The smallest absolute Gasteiger partial charge is 0.227 e. The third-order valence-electron chi connectivity index (χ3n) is 5.06. The highest BCUT2D eigenvalue weighted by molar-refractivity contribution is 6.00. The Morgan fingerprint density at radius 2 is 1.95 bits per heavy atom. The molecule has 4 nitrogen and oxygen atoms in total. The molecule has 3 rings (SSSR count). The lowest BCUT2D eigenvalue weighted by atomic mass is 10.1. The number of nitrogens with zero attached hydrogens (tertiary/aromatic N) is 1. The van der Waals surface area contributed by atoms with Gasteiger partial charge in [0.1, 0.15) is 0 Å². The molecule has 118 valence electrons. The first-order chi connectivity index (χ1) is 10.6. The fourth-order valence-corrected chi connectivity index (χ4v) is 3.53. The summed E-state index contributed by atoms with van der Waals surface area (Å²) in [5, 5.41) is 3.12. The van der Waals surface area contributed by atoms with Gasteiger partial charge in [0.15, 0.2) is 0 Å². The number of nitrogens with one attached hydrogen (secondary N) is 1. The molecular weight excluding hydrogens is 276 g/mol. The van der Waals surface area contributed by atoms with Gasteiger partial charge < -0.3 is 10.2 Å². The first-order valence-corrected chi connectivity index (χ1v) is 8.23. The van der Waals surface area contributed by atoms with Crippen LogP contribution in [0, 0.1) is 19.8 Å². The van der Waals surface area contributed by atoms with Crippen molar-refractivity contribution in [1.82, 2.24) is 5.32 Å². The van der Waals surface area contributed by atoms with E-state index in [1.165, 1.54) is 18.4 Å². The van der Waals surface area contributed by atoms with E-state index in [4.69, 9.17) is 0 Å². The molecule has 1 aromatic carbocycles. The second kappa shape index (κ2) is 6.11. The van der Waals surface area contributed by atoms with Crippen molar-refractivity contribution in [2.24, 2.45) is 5.92 Å². The normalized spacial score (nSPS) is 22.4. The Bertz CT molecular complexity index is 591. The van der Waals surface area contributed by atoms with E-state index in [9.17, 15) is 9.59 Å². The van der Waals surface area contributed by atoms with Crippen molar-refractivity contribution >= 4 is 17.5 Å². The van der Waals surface area contributed by atoms with E-state index in [2.05, 4.69) is 5.32 Å². The fourth-order valence-electron chi connectivity index (χ4n) is 3.53. The summed E-state index contributed by atoms with van der Waals surface area (Å²) in [6.45, 7) is 4.58. The number of anilines is 1. The Morgan fingerprint density at radius 1 is 1.23 bits per heavy atom. The van der Waals surface area contributed by atoms with Crippen LogP contribution in [-0.2, 0) is 9.59 Å². The Labute approximate surface area is 131 Å². The summed E-state index contributed by atoms with van der Waals surface area (Å²) in [6, 6.07) is 6.30. The monoisotopic (exact) mass is 300 g/mol. The molecule has 2 aliphatic rings. The Morgan fingerprint density at radius 3 is 2.68 bits per heavy atom. The predicted octanol–water partition coefficient (Wildman–Crippen LogP) is 2.72. The Kier molecular flexibility index (Phi) is 4.19. The zero-order valence-corrected chi connectivity index (χ0v) is 13.4. The van der Waals surface area contributed by atoms with Crippen molar-refractivity contribution in [3.63, 3.8) is 0 Å². The molecule has 1 aliphatic heterocycles. The quantitative estimate of drug-likeness (QED) is 0.933. The van der Waals surface area contributed by atoms with Gasteiger partial charge in [0.05, 0.1) is 5.92 Å². The Hall–Kier alpha value is -1.84. The highest BCUT2D eigenvalue weighted by atomic mass is 16.2. The summed E-state index contributed by atoms with van der Waals surface area (Å²) in [5.41, 5.74) is 3.23. The SMILES string of the molecule is Cc1cccc(N2C[C@@H](C(=O)NC3CCCC3)CC2=O)c1C. The molecule has 1 atom stereocenters. The molecule has 22 heavy (non-hydrogen) atoms. The molecule has 0 bridgehead atoms. The largest absolute Gasteiger partial charge is 0.353 e. The van der Waals surface area contributed by atoms with Crippen LogP contribution in [0.5, 0.6) is 0 Å². The van der Waals surface area contributed by atoms with Crippen LogP contribution in [0.25, 0.3) is 0 Å². The van der Waals surface area contributed by atoms with Crippen molar-refractivity contribution in [3.8, 4) is 0 Å². The average Bonchev–Trinajstić information content (AvgIpc) is 3.12. The van der Waals surface area contributed by atoms with Crippen molar-refractivity contribution in [1.29, 1.82) is 0 Å². The van der Waals surface area contributed by atoms with E-state index in [0.29, 0.717) is 19.0 Å². The molecule has 1 N–H and O–H groups in total. The summed E-state index contributed by atoms with van der Waals surface area (Å²) in [7, 11) is 0. The maximum Gasteiger partial charge on any atom is 0.227 e. The van der Waals surface area contributed by atoms with E-state index in [-0.39, 0.29) is 17.7 Å². The van der Waals surface area contributed by atoms with Gasteiger partial charge in [-0.2, -0.15) is 0 Å². The standard InChI is InChI=1S/C18H24N2O2/c1-12-6-5-9-16(13(12)2)20-11-14(10-17(20)21)18(22)19-15-7-3-4-8-15/h5-6,9,14-15H,3-4,7-8,10-11H2,1-2H3,(H,19,22)/t14-/m0/s1. The van der Waals surface area contributed by atoms with Crippen molar-refractivity contribution in [2.75, 3.05) is 11.4 Å². The molecule has 2 fully saturated rings. The van der Waals surface area contributed by atoms with Gasteiger partial charge in [-0.3, -0.25) is 9.59 Å². The van der Waals surface area contributed by atoms with Crippen LogP contribution in [0.2, 0.25) is 0 Å². The van der Waals surface area contributed by atoms with Crippen molar-refractivity contribution in [3.05, 3.63) is 29.3 Å². The van der Waals surface area contributed by atoms with Crippen LogP contribution in [0.3, 0.4) is 0 Å². The molecule has 4 heteroatoms. The van der Waals surface area contributed by atoms with Gasteiger partial charge in [-0.1, -0.05) is 25.0 Å². The average molecular weight is 300 g/mol. The molecule has 1 saturated heterocycles. The first-order valence-electron chi connectivity index (χ1n) is 8.23. The summed E-state index contributed by atoms with van der Waals surface area (Å²) in [6.07, 6.45) is 4.87. The third-order valence-corrected chi connectivity index (χ3v) is 5.06. The number of aryl methyl sites for hydroxylation is 1. The van der Waals surface area contributed by atoms with Crippen LogP contribution in [0.15, 0.2) is 18.2 Å². The Balaban J connectivity index is 1.70. The topological polar surface area (TPSA) is 49.4 Å². The second-order valence-corrected chi connectivity index (χ2v) is 6.61. The number of hydrogen-bond acceptors (Lipinski definition) is 2. The van der Waals surface area contributed by atoms with Crippen LogP contribution in [0.1, 0.15) is 43.2 Å². The zero-order chi connectivity index (χ0) is 15.7. The minimum absolute atomic E-state index is 0.0491. The van der Waals surface area contributed by atoms with Crippen molar-refractivity contribution < 1.29 is 9.59 Å². The van der Waals surface area contributed by atoms with Crippen molar-refractivity contribution in [2.45, 2.75) is 52.0 Å². The molecule has 2 amide bonds. The number of amides is 2. The van der Waals surface area contributed by atoms with E-state index >= 15 is 0 Å². The summed E-state index contributed by atoms with van der Waals surface area (Å²) in [4.78, 5) is 26.5.